The van der Waals surface area contributed by atoms with Crippen LogP contribution in [0, 0.1) is 0 Å². The highest BCUT2D eigenvalue weighted by atomic mass is 35.5. The summed E-state index contributed by atoms with van der Waals surface area (Å²) < 4.78 is 1.67. The number of carboxylic acids is 1. The number of hydrogen-bond donors (Lipinski definition) is 1. The van der Waals surface area contributed by atoms with Crippen molar-refractivity contribution in [2.75, 3.05) is 0 Å². The van der Waals surface area contributed by atoms with E-state index in [0.29, 0.717) is 5.02 Å². The summed E-state index contributed by atoms with van der Waals surface area (Å²) in [4.78, 5) is 11.1. The standard InChI is InChI=1S/C13H12ClNO2/c1-9(10-5-3-2-4-6-10)15-8-11(14)7-12(15)13(16)17/h2-9H,1H3,(H,16,17). The van der Waals surface area contributed by atoms with Gasteiger partial charge in [-0.05, 0) is 18.6 Å². The number of nitrogens with zero attached hydrogens (tertiary/aromatic N) is 1. The molecule has 2 aromatic rings. The minimum Gasteiger partial charge on any atom is -0.477 e. The molecule has 1 N–H and O–H groups in total. The van der Waals surface area contributed by atoms with Crippen LogP contribution in [0.15, 0.2) is 42.6 Å². The fourth-order valence-corrected chi connectivity index (χ4v) is 2.04. The molecule has 2 rings (SSSR count). The van der Waals surface area contributed by atoms with E-state index in [9.17, 15) is 4.79 Å². The molecule has 1 atom stereocenters. The molecule has 3 nitrogen and oxygen atoms in total. The van der Waals surface area contributed by atoms with Gasteiger partial charge in [0.2, 0.25) is 0 Å². The van der Waals surface area contributed by atoms with Gasteiger partial charge in [-0.3, -0.25) is 0 Å². The SMILES string of the molecule is CC(c1ccccc1)n1cc(Cl)cc1C(=O)O. The van der Waals surface area contributed by atoms with Crippen LogP contribution in [0.5, 0.6) is 0 Å². The number of rotatable bonds is 3. The molecule has 0 radical (unpaired) electrons. The maximum Gasteiger partial charge on any atom is 0.352 e. The average molecular weight is 250 g/mol. The predicted molar refractivity (Wildman–Crippen MR) is 66.7 cm³/mol. The van der Waals surface area contributed by atoms with Gasteiger partial charge < -0.3 is 9.67 Å². The molecular weight excluding hydrogens is 238 g/mol. The topological polar surface area (TPSA) is 42.2 Å². The van der Waals surface area contributed by atoms with E-state index in [4.69, 9.17) is 16.7 Å². The monoisotopic (exact) mass is 249 g/mol. The van der Waals surface area contributed by atoms with Crippen LogP contribution in [0.25, 0.3) is 0 Å². The molecule has 0 aliphatic rings. The van der Waals surface area contributed by atoms with Crippen LogP contribution in [0.1, 0.15) is 29.0 Å². The second kappa shape index (κ2) is 4.63. The Morgan fingerprint density at radius 2 is 2.00 bits per heavy atom. The van der Waals surface area contributed by atoms with Gasteiger partial charge in [0.15, 0.2) is 0 Å². The number of aromatic nitrogens is 1. The lowest BCUT2D eigenvalue weighted by Crippen LogP contribution is -2.12. The van der Waals surface area contributed by atoms with Gasteiger partial charge in [0, 0.05) is 6.20 Å². The first-order chi connectivity index (χ1) is 8.09. The van der Waals surface area contributed by atoms with Crippen molar-refractivity contribution in [3.63, 3.8) is 0 Å². The summed E-state index contributed by atoms with van der Waals surface area (Å²) in [5.74, 6) is -0.973. The molecule has 0 bridgehead atoms. The summed E-state index contributed by atoms with van der Waals surface area (Å²) in [6.07, 6.45) is 1.64. The molecule has 0 aliphatic carbocycles. The molecule has 1 heterocycles. The van der Waals surface area contributed by atoms with Gasteiger partial charge in [-0.15, -0.1) is 0 Å². The lowest BCUT2D eigenvalue weighted by Gasteiger charge is -2.16. The molecule has 4 heteroatoms. The van der Waals surface area contributed by atoms with E-state index in [2.05, 4.69) is 0 Å². The quantitative estimate of drug-likeness (QED) is 0.905. The number of carbonyl (C=O) groups is 1. The fourth-order valence-electron chi connectivity index (χ4n) is 1.83. The van der Waals surface area contributed by atoms with E-state index in [-0.39, 0.29) is 11.7 Å². The van der Waals surface area contributed by atoms with Gasteiger partial charge in [-0.1, -0.05) is 41.9 Å². The Bertz CT molecular complexity index is 534. The summed E-state index contributed by atoms with van der Waals surface area (Å²) >= 11 is 5.86. The van der Waals surface area contributed by atoms with Crippen molar-refractivity contribution in [1.29, 1.82) is 0 Å². The Morgan fingerprint density at radius 1 is 1.35 bits per heavy atom. The van der Waals surface area contributed by atoms with Crippen molar-refractivity contribution in [2.24, 2.45) is 0 Å². The normalized spacial score (nSPS) is 12.4. The first kappa shape index (κ1) is 11.7. The Kier molecular flexibility index (Phi) is 3.20. The van der Waals surface area contributed by atoms with E-state index in [1.54, 1.807) is 10.8 Å². The minimum atomic E-state index is -0.973. The van der Waals surface area contributed by atoms with Crippen LogP contribution < -0.4 is 0 Å². The minimum absolute atomic E-state index is 0.0604. The first-order valence-corrected chi connectivity index (χ1v) is 5.63. The number of hydrogen-bond acceptors (Lipinski definition) is 1. The van der Waals surface area contributed by atoms with Crippen molar-refractivity contribution in [1.82, 2.24) is 4.57 Å². The lowest BCUT2D eigenvalue weighted by atomic mass is 10.1. The number of halogens is 1. The van der Waals surface area contributed by atoms with Gasteiger partial charge in [-0.25, -0.2) is 4.79 Å². The van der Waals surface area contributed by atoms with E-state index in [1.807, 2.05) is 37.3 Å². The van der Waals surface area contributed by atoms with Crippen LogP contribution in [0.2, 0.25) is 5.02 Å². The Morgan fingerprint density at radius 3 is 2.59 bits per heavy atom. The van der Waals surface area contributed by atoms with E-state index < -0.39 is 5.97 Å². The zero-order chi connectivity index (χ0) is 12.4. The molecule has 1 aromatic heterocycles. The number of benzene rings is 1. The van der Waals surface area contributed by atoms with E-state index in [0.717, 1.165) is 5.56 Å². The summed E-state index contributed by atoms with van der Waals surface area (Å²) in [6.45, 7) is 1.94. The van der Waals surface area contributed by atoms with Crippen molar-refractivity contribution < 1.29 is 9.90 Å². The van der Waals surface area contributed by atoms with Gasteiger partial charge >= 0.3 is 5.97 Å². The van der Waals surface area contributed by atoms with Crippen LogP contribution in [-0.2, 0) is 0 Å². The molecule has 17 heavy (non-hydrogen) atoms. The predicted octanol–water partition coefficient (Wildman–Crippen LogP) is 3.45. The van der Waals surface area contributed by atoms with Crippen LogP contribution in [-0.4, -0.2) is 15.6 Å². The Balaban J connectivity index is 2.44. The zero-order valence-corrected chi connectivity index (χ0v) is 10.1. The van der Waals surface area contributed by atoms with Crippen molar-refractivity contribution >= 4 is 17.6 Å². The van der Waals surface area contributed by atoms with Crippen molar-refractivity contribution in [2.45, 2.75) is 13.0 Å². The smallest absolute Gasteiger partial charge is 0.352 e. The number of carboxylic acid groups (broad SMARTS) is 1. The molecular formula is C13H12ClNO2. The molecule has 0 saturated heterocycles. The van der Waals surface area contributed by atoms with Gasteiger partial charge in [0.1, 0.15) is 5.69 Å². The highest BCUT2D eigenvalue weighted by Gasteiger charge is 2.17. The molecule has 1 aromatic carbocycles. The molecule has 0 amide bonds. The first-order valence-electron chi connectivity index (χ1n) is 5.25. The molecule has 0 spiro atoms. The Labute approximate surface area is 104 Å². The van der Waals surface area contributed by atoms with E-state index >= 15 is 0 Å². The highest BCUT2D eigenvalue weighted by Crippen LogP contribution is 2.24. The summed E-state index contributed by atoms with van der Waals surface area (Å²) in [7, 11) is 0. The van der Waals surface area contributed by atoms with Crippen molar-refractivity contribution in [3.05, 3.63) is 58.9 Å². The second-order valence-electron chi connectivity index (χ2n) is 3.84. The van der Waals surface area contributed by atoms with Crippen LogP contribution in [0.3, 0.4) is 0 Å². The van der Waals surface area contributed by atoms with Crippen molar-refractivity contribution in [3.8, 4) is 0 Å². The second-order valence-corrected chi connectivity index (χ2v) is 4.28. The van der Waals surface area contributed by atoms with Crippen LogP contribution in [0.4, 0.5) is 0 Å². The molecule has 0 saturated carbocycles. The van der Waals surface area contributed by atoms with Gasteiger partial charge in [-0.2, -0.15) is 0 Å². The average Bonchev–Trinajstić information content (AvgIpc) is 2.72. The molecule has 0 aliphatic heterocycles. The maximum absolute atomic E-state index is 11.1. The highest BCUT2D eigenvalue weighted by molar-refractivity contribution is 6.30. The lowest BCUT2D eigenvalue weighted by molar-refractivity contribution is 0.0684. The van der Waals surface area contributed by atoms with Gasteiger partial charge in [0.25, 0.3) is 0 Å². The third-order valence-electron chi connectivity index (χ3n) is 2.73. The zero-order valence-electron chi connectivity index (χ0n) is 9.30. The van der Waals surface area contributed by atoms with Crippen LogP contribution >= 0.6 is 11.6 Å². The molecule has 0 fully saturated rings. The summed E-state index contributed by atoms with van der Waals surface area (Å²) in [5, 5.41) is 9.53. The molecule has 1 unspecified atom stereocenters. The third-order valence-corrected chi connectivity index (χ3v) is 2.94. The largest absolute Gasteiger partial charge is 0.477 e. The maximum atomic E-state index is 11.1. The summed E-state index contributed by atoms with van der Waals surface area (Å²) in [6, 6.07) is 11.1. The Hall–Kier alpha value is -1.74. The summed E-state index contributed by atoms with van der Waals surface area (Å²) in [5.41, 5.74) is 1.24. The third kappa shape index (κ3) is 2.34. The van der Waals surface area contributed by atoms with E-state index in [1.165, 1.54) is 6.07 Å². The van der Waals surface area contributed by atoms with Gasteiger partial charge in [0.05, 0.1) is 11.1 Å². The number of aromatic carboxylic acids is 1. The molecule has 88 valence electrons. The fraction of sp³-hybridized carbons (Fsp3) is 0.154.